The van der Waals surface area contributed by atoms with E-state index in [1.54, 1.807) is 12.1 Å². The second-order valence-electron chi connectivity index (χ2n) is 13.2. The van der Waals surface area contributed by atoms with Crippen LogP contribution in [-0.4, -0.2) is 84.9 Å². The zero-order valence-electron chi connectivity index (χ0n) is 25.5. The quantitative estimate of drug-likeness (QED) is 0.428. The molecule has 238 valence electrons. The summed E-state index contributed by atoms with van der Waals surface area (Å²) in [4.78, 5) is 44.8. The zero-order chi connectivity index (χ0) is 28.9. The molecule has 2 heterocycles. The smallest absolute Gasteiger partial charge is 0.245 e. The molecular formula is C31H50Cl2FN5O3. The lowest BCUT2D eigenvalue weighted by molar-refractivity contribution is -0.147. The SMILES string of the molecule is CN1CCN[C@@H](C(=O)N[C@H](Cc2ccc(F)cc2)C(=O)N2CCC(C(=O)NC(C)(C)C)(C3CCCCC3)CC2)C1.Cl.Cl. The first-order chi connectivity index (χ1) is 19.0. The van der Waals surface area contributed by atoms with Gasteiger partial charge in [0.05, 0.1) is 11.5 Å². The van der Waals surface area contributed by atoms with Crippen molar-refractivity contribution in [2.75, 3.05) is 39.8 Å². The Balaban J connectivity index is 0.00000308. The van der Waals surface area contributed by atoms with Crippen LogP contribution < -0.4 is 16.0 Å². The van der Waals surface area contributed by atoms with Crippen LogP contribution in [0.4, 0.5) is 4.39 Å². The summed E-state index contributed by atoms with van der Waals surface area (Å²) in [6.07, 6.45) is 7.14. The molecule has 0 spiro atoms. The molecule has 0 bridgehead atoms. The normalized spacial score (nSPS) is 22.2. The number of carbonyl (C=O) groups is 3. The summed E-state index contributed by atoms with van der Waals surface area (Å²) in [6, 6.07) is 4.92. The lowest BCUT2D eigenvalue weighted by atomic mass is 9.63. The highest BCUT2D eigenvalue weighted by atomic mass is 35.5. The number of likely N-dealkylation sites (N-methyl/N-ethyl adjacent to an activating group) is 1. The van der Waals surface area contributed by atoms with Crippen LogP contribution in [-0.2, 0) is 20.8 Å². The molecule has 1 aromatic carbocycles. The molecule has 1 aromatic rings. The fourth-order valence-corrected chi connectivity index (χ4v) is 6.69. The number of rotatable bonds is 7. The maximum Gasteiger partial charge on any atom is 0.245 e. The monoisotopic (exact) mass is 629 g/mol. The van der Waals surface area contributed by atoms with E-state index in [0.717, 1.165) is 37.8 Å². The Hall–Kier alpha value is -1.94. The number of hydrogen-bond acceptors (Lipinski definition) is 5. The predicted molar refractivity (Wildman–Crippen MR) is 169 cm³/mol. The molecule has 3 amide bonds. The Morgan fingerprint density at radius 3 is 2.21 bits per heavy atom. The highest BCUT2D eigenvalue weighted by Gasteiger charge is 2.49. The van der Waals surface area contributed by atoms with Gasteiger partial charge in [-0.25, -0.2) is 4.39 Å². The van der Waals surface area contributed by atoms with E-state index in [4.69, 9.17) is 0 Å². The summed E-state index contributed by atoms with van der Waals surface area (Å²) in [5.74, 6) is -0.248. The van der Waals surface area contributed by atoms with Gasteiger partial charge in [-0.1, -0.05) is 31.4 Å². The minimum Gasteiger partial charge on any atom is -0.351 e. The van der Waals surface area contributed by atoms with Gasteiger partial charge in [0, 0.05) is 44.7 Å². The molecule has 0 unspecified atom stereocenters. The van der Waals surface area contributed by atoms with Gasteiger partial charge in [0.1, 0.15) is 11.9 Å². The third kappa shape index (κ3) is 9.28. The van der Waals surface area contributed by atoms with Crippen LogP contribution in [0.3, 0.4) is 0 Å². The average molecular weight is 631 g/mol. The van der Waals surface area contributed by atoms with Crippen molar-refractivity contribution in [2.24, 2.45) is 11.3 Å². The van der Waals surface area contributed by atoms with E-state index in [2.05, 4.69) is 20.9 Å². The van der Waals surface area contributed by atoms with Crippen molar-refractivity contribution in [3.63, 3.8) is 0 Å². The van der Waals surface area contributed by atoms with Gasteiger partial charge in [0.2, 0.25) is 17.7 Å². The number of nitrogens with zero attached hydrogens (tertiary/aromatic N) is 2. The van der Waals surface area contributed by atoms with Crippen LogP contribution in [0.2, 0.25) is 0 Å². The van der Waals surface area contributed by atoms with Gasteiger partial charge in [0.25, 0.3) is 0 Å². The molecule has 1 saturated carbocycles. The van der Waals surface area contributed by atoms with Crippen molar-refractivity contribution in [2.45, 2.75) is 89.8 Å². The molecule has 2 saturated heterocycles. The minimum absolute atomic E-state index is 0. The van der Waals surface area contributed by atoms with Crippen molar-refractivity contribution >= 4 is 42.5 Å². The second kappa shape index (κ2) is 15.7. The standard InChI is InChI=1S/C31H48FN5O3.2ClH/c1-30(2,3)35-29(40)31(23-8-6-5-7-9-23)14-17-37(18-15-31)28(39)25(20-22-10-12-24(32)13-11-22)34-27(38)26-21-36(4)19-16-33-26;;/h10-13,23,25-26,33H,5-9,14-21H2,1-4H3,(H,34,38)(H,35,40);2*1H/t25-,26-;;/m1../s1. The summed E-state index contributed by atoms with van der Waals surface area (Å²) < 4.78 is 13.6. The predicted octanol–water partition coefficient (Wildman–Crippen LogP) is 3.70. The maximum absolute atomic E-state index is 13.9. The molecule has 3 aliphatic rings. The molecule has 2 aliphatic heterocycles. The minimum atomic E-state index is -0.766. The van der Waals surface area contributed by atoms with Crippen LogP contribution in [0.15, 0.2) is 24.3 Å². The van der Waals surface area contributed by atoms with E-state index < -0.39 is 17.5 Å². The molecule has 3 fully saturated rings. The van der Waals surface area contributed by atoms with E-state index in [1.807, 2.05) is 32.7 Å². The van der Waals surface area contributed by atoms with Crippen LogP contribution in [0.1, 0.15) is 71.3 Å². The van der Waals surface area contributed by atoms with Gasteiger partial charge in [-0.05, 0) is 77.1 Å². The Kier molecular flexibility index (Phi) is 13.5. The number of likely N-dealkylation sites (tertiary alicyclic amines) is 1. The molecule has 2 atom stereocenters. The lowest BCUT2D eigenvalue weighted by Crippen LogP contribution is -2.61. The molecular weight excluding hydrogens is 580 g/mol. The van der Waals surface area contributed by atoms with Gasteiger partial charge in [-0.15, -0.1) is 24.8 Å². The molecule has 11 heteroatoms. The number of piperidine rings is 1. The summed E-state index contributed by atoms with van der Waals surface area (Å²) in [5.41, 5.74) is -0.0132. The molecule has 4 rings (SSSR count). The lowest BCUT2D eigenvalue weighted by Gasteiger charge is -2.48. The number of hydrogen-bond donors (Lipinski definition) is 3. The molecule has 3 N–H and O–H groups in total. The van der Waals surface area contributed by atoms with Crippen molar-refractivity contribution in [1.82, 2.24) is 25.8 Å². The van der Waals surface area contributed by atoms with Crippen LogP contribution >= 0.6 is 24.8 Å². The van der Waals surface area contributed by atoms with Gasteiger partial charge in [0.15, 0.2) is 0 Å². The van der Waals surface area contributed by atoms with Gasteiger partial charge < -0.3 is 25.8 Å². The Labute approximate surface area is 263 Å². The number of halogens is 3. The number of carbonyl (C=O) groups excluding carboxylic acids is 3. The average Bonchev–Trinajstić information content (AvgIpc) is 2.93. The maximum atomic E-state index is 13.9. The Morgan fingerprint density at radius 1 is 1.02 bits per heavy atom. The van der Waals surface area contributed by atoms with E-state index in [0.29, 0.717) is 44.9 Å². The number of benzene rings is 1. The largest absolute Gasteiger partial charge is 0.351 e. The number of piperazine rings is 1. The van der Waals surface area contributed by atoms with Crippen LogP contribution in [0.25, 0.3) is 0 Å². The van der Waals surface area contributed by atoms with Crippen LogP contribution in [0, 0.1) is 17.2 Å². The fourth-order valence-electron chi connectivity index (χ4n) is 6.69. The van der Waals surface area contributed by atoms with E-state index >= 15 is 0 Å². The highest BCUT2D eigenvalue weighted by Crippen LogP contribution is 2.46. The summed E-state index contributed by atoms with van der Waals surface area (Å²) in [5, 5.41) is 9.52. The molecule has 1 aliphatic carbocycles. The van der Waals surface area contributed by atoms with Gasteiger partial charge in [-0.2, -0.15) is 0 Å². The topological polar surface area (TPSA) is 93.8 Å². The van der Waals surface area contributed by atoms with Crippen molar-refractivity contribution in [1.29, 1.82) is 0 Å². The first kappa shape index (κ1) is 36.3. The van der Waals surface area contributed by atoms with Crippen molar-refractivity contribution < 1.29 is 18.8 Å². The van der Waals surface area contributed by atoms with Crippen molar-refractivity contribution in [3.8, 4) is 0 Å². The molecule has 0 aromatic heterocycles. The van der Waals surface area contributed by atoms with Crippen molar-refractivity contribution in [3.05, 3.63) is 35.6 Å². The fraction of sp³-hybridized carbons (Fsp3) is 0.710. The third-order valence-corrected chi connectivity index (χ3v) is 8.96. The Morgan fingerprint density at radius 2 is 1.64 bits per heavy atom. The molecule has 8 nitrogen and oxygen atoms in total. The van der Waals surface area contributed by atoms with E-state index in [1.165, 1.54) is 18.6 Å². The van der Waals surface area contributed by atoms with Crippen LogP contribution in [0.5, 0.6) is 0 Å². The van der Waals surface area contributed by atoms with Gasteiger partial charge >= 0.3 is 0 Å². The number of amides is 3. The Bertz CT molecular complexity index is 1040. The zero-order valence-corrected chi connectivity index (χ0v) is 27.2. The number of nitrogens with one attached hydrogen (secondary N) is 3. The summed E-state index contributed by atoms with van der Waals surface area (Å²) in [7, 11) is 1.98. The molecule has 42 heavy (non-hydrogen) atoms. The third-order valence-electron chi connectivity index (χ3n) is 8.96. The van der Waals surface area contributed by atoms with E-state index in [-0.39, 0.29) is 60.3 Å². The van der Waals surface area contributed by atoms with E-state index in [9.17, 15) is 18.8 Å². The summed E-state index contributed by atoms with van der Waals surface area (Å²) >= 11 is 0. The highest BCUT2D eigenvalue weighted by molar-refractivity contribution is 5.90. The first-order valence-electron chi connectivity index (χ1n) is 15.0. The molecule has 0 radical (unpaired) electrons. The van der Waals surface area contributed by atoms with Gasteiger partial charge in [-0.3, -0.25) is 14.4 Å². The first-order valence-corrected chi connectivity index (χ1v) is 15.0. The second-order valence-corrected chi connectivity index (χ2v) is 13.2. The summed E-state index contributed by atoms with van der Waals surface area (Å²) in [6.45, 7) is 9.14.